The molecule has 89 valence electrons. The Hall–Kier alpha value is -1.16. The van der Waals surface area contributed by atoms with Crippen LogP contribution < -0.4 is 4.74 Å². The molecular weight excluding hydrogens is 214 g/mol. The predicted octanol–water partition coefficient (Wildman–Crippen LogP) is 2.79. The first-order chi connectivity index (χ1) is 7.60. The molecule has 0 saturated heterocycles. The predicted molar refractivity (Wildman–Crippen MR) is 57.6 cm³/mol. The molecule has 2 nitrogen and oxygen atoms in total. The van der Waals surface area contributed by atoms with Gasteiger partial charge in [-0.2, -0.15) is 8.78 Å². The zero-order valence-corrected chi connectivity index (χ0v) is 9.34. The molecule has 0 amide bonds. The number of alkyl halides is 2. The van der Waals surface area contributed by atoms with E-state index < -0.39 is 6.61 Å². The van der Waals surface area contributed by atoms with Crippen molar-refractivity contribution < 1.29 is 18.6 Å². The second-order valence-corrected chi connectivity index (χ2v) is 3.45. The third-order valence-electron chi connectivity index (χ3n) is 2.40. The SMILES string of the molecule is CCc1c(OC(F)F)cccc1[C](C)CO. The summed E-state index contributed by atoms with van der Waals surface area (Å²) in [5, 5.41) is 9.05. The lowest BCUT2D eigenvalue weighted by Gasteiger charge is -2.16. The number of aliphatic hydroxyl groups is 1. The number of ether oxygens (including phenoxy) is 1. The molecule has 0 aliphatic rings. The van der Waals surface area contributed by atoms with E-state index in [0.717, 1.165) is 11.5 Å². The lowest BCUT2D eigenvalue weighted by molar-refractivity contribution is -0.0504. The highest BCUT2D eigenvalue weighted by Gasteiger charge is 2.15. The van der Waals surface area contributed by atoms with Crippen molar-refractivity contribution in [3.05, 3.63) is 35.2 Å². The lowest BCUT2D eigenvalue weighted by Crippen LogP contribution is -2.09. The topological polar surface area (TPSA) is 29.5 Å². The molecule has 1 N–H and O–H groups in total. The van der Waals surface area contributed by atoms with Crippen molar-refractivity contribution in [3.8, 4) is 5.75 Å². The molecule has 16 heavy (non-hydrogen) atoms. The van der Waals surface area contributed by atoms with Crippen LogP contribution in [0.15, 0.2) is 18.2 Å². The number of hydrogen-bond donors (Lipinski definition) is 1. The van der Waals surface area contributed by atoms with Gasteiger partial charge in [-0.3, -0.25) is 0 Å². The summed E-state index contributed by atoms with van der Waals surface area (Å²) in [6.07, 6.45) is 0.579. The first kappa shape index (κ1) is 12.9. The van der Waals surface area contributed by atoms with Crippen molar-refractivity contribution in [2.75, 3.05) is 6.61 Å². The summed E-state index contributed by atoms with van der Waals surface area (Å²) >= 11 is 0. The summed E-state index contributed by atoms with van der Waals surface area (Å²) < 4.78 is 28.8. The minimum atomic E-state index is -2.82. The van der Waals surface area contributed by atoms with Crippen LogP contribution in [-0.2, 0) is 6.42 Å². The average Bonchev–Trinajstić information content (AvgIpc) is 2.27. The Labute approximate surface area is 93.9 Å². The number of rotatable bonds is 5. The van der Waals surface area contributed by atoms with E-state index in [9.17, 15) is 8.78 Å². The maximum Gasteiger partial charge on any atom is 0.387 e. The van der Waals surface area contributed by atoms with Crippen molar-refractivity contribution in [3.63, 3.8) is 0 Å². The quantitative estimate of drug-likeness (QED) is 0.841. The van der Waals surface area contributed by atoms with Gasteiger partial charge in [0.2, 0.25) is 0 Å². The summed E-state index contributed by atoms with van der Waals surface area (Å²) in [5.74, 6) is 0.930. The van der Waals surface area contributed by atoms with Crippen molar-refractivity contribution in [1.29, 1.82) is 0 Å². The first-order valence-corrected chi connectivity index (χ1v) is 5.10. The van der Waals surface area contributed by atoms with Crippen LogP contribution >= 0.6 is 0 Å². The third-order valence-corrected chi connectivity index (χ3v) is 2.40. The Morgan fingerprint density at radius 1 is 1.44 bits per heavy atom. The van der Waals surface area contributed by atoms with Gasteiger partial charge in [-0.15, -0.1) is 0 Å². The van der Waals surface area contributed by atoms with Crippen molar-refractivity contribution in [2.24, 2.45) is 0 Å². The fourth-order valence-electron chi connectivity index (χ4n) is 1.62. The summed E-state index contributed by atoms with van der Waals surface area (Å²) in [6.45, 7) is 0.711. The molecule has 0 heterocycles. The van der Waals surface area contributed by atoms with Crippen LogP contribution in [0.2, 0.25) is 0 Å². The zero-order valence-electron chi connectivity index (χ0n) is 9.34. The Balaban J connectivity index is 3.10. The van der Waals surface area contributed by atoms with E-state index in [2.05, 4.69) is 4.74 Å². The molecule has 1 rings (SSSR count). The summed E-state index contributed by atoms with van der Waals surface area (Å²) in [5.41, 5.74) is 1.48. The molecule has 1 aromatic carbocycles. The van der Waals surface area contributed by atoms with Gasteiger partial charge in [0.1, 0.15) is 5.75 Å². The number of aliphatic hydroxyl groups excluding tert-OH is 1. The molecule has 0 spiro atoms. The molecule has 0 aliphatic heterocycles. The molecule has 1 radical (unpaired) electrons. The van der Waals surface area contributed by atoms with E-state index in [-0.39, 0.29) is 12.4 Å². The monoisotopic (exact) mass is 229 g/mol. The molecule has 1 aromatic rings. The van der Waals surface area contributed by atoms with Crippen molar-refractivity contribution >= 4 is 0 Å². The minimum absolute atomic E-state index is 0.0921. The minimum Gasteiger partial charge on any atom is -0.435 e. The maximum atomic E-state index is 12.2. The average molecular weight is 229 g/mol. The van der Waals surface area contributed by atoms with E-state index in [1.165, 1.54) is 6.07 Å². The number of benzene rings is 1. The number of halogens is 2. The van der Waals surface area contributed by atoms with E-state index in [1.54, 1.807) is 19.1 Å². The third kappa shape index (κ3) is 2.92. The highest BCUT2D eigenvalue weighted by molar-refractivity contribution is 5.46. The summed E-state index contributed by atoms with van der Waals surface area (Å²) in [4.78, 5) is 0. The van der Waals surface area contributed by atoms with Gasteiger partial charge < -0.3 is 9.84 Å². The normalized spacial score (nSPS) is 11.2. The van der Waals surface area contributed by atoms with Crippen molar-refractivity contribution in [2.45, 2.75) is 26.9 Å². The van der Waals surface area contributed by atoms with Crippen LogP contribution in [0.3, 0.4) is 0 Å². The van der Waals surface area contributed by atoms with Crippen LogP contribution in [-0.4, -0.2) is 18.3 Å². The highest BCUT2D eigenvalue weighted by Crippen LogP contribution is 2.29. The van der Waals surface area contributed by atoms with Crippen LogP contribution in [0.5, 0.6) is 5.75 Å². The molecule has 0 atom stereocenters. The van der Waals surface area contributed by atoms with Gasteiger partial charge >= 0.3 is 6.61 Å². The molecule has 0 aliphatic carbocycles. The Kier molecular flexibility index (Phi) is 4.68. The van der Waals surface area contributed by atoms with Crippen molar-refractivity contribution in [1.82, 2.24) is 0 Å². The van der Waals surface area contributed by atoms with Crippen LogP contribution in [0.4, 0.5) is 8.78 Å². The van der Waals surface area contributed by atoms with E-state index in [4.69, 9.17) is 5.11 Å². The van der Waals surface area contributed by atoms with Gasteiger partial charge in [-0.25, -0.2) is 0 Å². The summed E-state index contributed by atoms with van der Waals surface area (Å²) in [7, 11) is 0. The molecular formula is C12H15F2O2. The second-order valence-electron chi connectivity index (χ2n) is 3.45. The fraction of sp³-hybridized carbons (Fsp3) is 0.417. The van der Waals surface area contributed by atoms with Crippen LogP contribution in [0.25, 0.3) is 0 Å². The standard InChI is InChI=1S/C12H15F2O2/c1-3-9-10(8(2)7-15)5-4-6-11(9)16-12(13)14/h4-6,12,15H,3,7H2,1-2H3. The first-order valence-electron chi connectivity index (χ1n) is 5.10. The van der Waals surface area contributed by atoms with E-state index in [1.807, 2.05) is 6.92 Å². The molecule has 0 fully saturated rings. The maximum absolute atomic E-state index is 12.2. The van der Waals surface area contributed by atoms with Gasteiger partial charge in [-0.1, -0.05) is 26.0 Å². The van der Waals surface area contributed by atoms with Gasteiger partial charge in [0.05, 0.1) is 6.61 Å². The smallest absolute Gasteiger partial charge is 0.387 e. The summed E-state index contributed by atoms with van der Waals surface area (Å²) in [6, 6.07) is 4.95. The largest absolute Gasteiger partial charge is 0.435 e. The molecule has 4 heteroatoms. The second kappa shape index (κ2) is 5.80. The number of hydrogen-bond acceptors (Lipinski definition) is 2. The highest BCUT2D eigenvalue weighted by atomic mass is 19.3. The van der Waals surface area contributed by atoms with Gasteiger partial charge in [0.25, 0.3) is 0 Å². The van der Waals surface area contributed by atoms with Crippen LogP contribution in [0, 0.1) is 5.92 Å². The Morgan fingerprint density at radius 2 is 2.12 bits per heavy atom. The lowest BCUT2D eigenvalue weighted by atomic mass is 9.94. The van der Waals surface area contributed by atoms with E-state index >= 15 is 0 Å². The van der Waals surface area contributed by atoms with Gasteiger partial charge in [0.15, 0.2) is 0 Å². The fourth-order valence-corrected chi connectivity index (χ4v) is 1.62. The van der Waals surface area contributed by atoms with Gasteiger partial charge in [0, 0.05) is 5.92 Å². The van der Waals surface area contributed by atoms with E-state index in [0.29, 0.717) is 12.0 Å². The Morgan fingerprint density at radius 3 is 2.62 bits per heavy atom. The molecule has 0 saturated carbocycles. The molecule has 0 bridgehead atoms. The molecule has 0 unspecified atom stereocenters. The zero-order chi connectivity index (χ0) is 12.1. The Bertz CT molecular complexity index is 340. The molecule has 0 aromatic heterocycles. The van der Waals surface area contributed by atoms with Gasteiger partial charge in [-0.05, 0) is 23.6 Å². The van der Waals surface area contributed by atoms with Crippen LogP contribution in [0.1, 0.15) is 25.0 Å².